The van der Waals surface area contributed by atoms with Gasteiger partial charge in [0.25, 0.3) is 5.91 Å². The minimum Gasteiger partial charge on any atom is -0.352 e. The Kier molecular flexibility index (Phi) is 7.27. The third kappa shape index (κ3) is 5.29. The molecule has 0 aliphatic heterocycles. The first-order valence-corrected chi connectivity index (χ1v) is 9.99. The average molecular weight is 404 g/mol. The van der Waals surface area contributed by atoms with Crippen LogP contribution in [-0.2, 0) is 0 Å². The van der Waals surface area contributed by atoms with Crippen molar-refractivity contribution in [2.45, 2.75) is 26.7 Å². The van der Waals surface area contributed by atoms with Crippen LogP contribution in [0.2, 0.25) is 0 Å². The van der Waals surface area contributed by atoms with Gasteiger partial charge in [-0.3, -0.25) is 4.79 Å². The van der Waals surface area contributed by atoms with E-state index in [4.69, 9.17) is 0 Å². The number of allylic oxidation sites excluding steroid dienone is 5. The quantitative estimate of drug-likeness (QED) is 0.497. The summed E-state index contributed by atoms with van der Waals surface area (Å²) in [4.78, 5) is 24.6. The SMILES string of the molecule is C\C=C/C(=C\C=C\CC)CCNC(=O)c1ccnc2nc(-c3ccc(F)cc3)[nH]c12. The highest BCUT2D eigenvalue weighted by Crippen LogP contribution is 2.22. The average Bonchev–Trinajstić information content (AvgIpc) is 3.18. The Morgan fingerprint density at radius 3 is 2.77 bits per heavy atom. The molecule has 0 atom stereocenters. The van der Waals surface area contributed by atoms with Gasteiger partial charge in [-0.15, -0.1) is 0 Å². The molecular formula is C24H25FN4O. The van der Waals surface area contributed by atoms with Crippen molar-refractivity contribution < 1.29 is 9.18 Å². The van der Waals surface area contributed by atoms with E-state index in [1.165, 1.54) is 12.1 Å². The van der Waals surface area contributed by atoms with Crippen LogP contribution in [0.5, 0.6) is 0 Å². The number of rotatable bonds is 8. The maximum absolute atomic E-state index is 13.2. The molecule has 0 radical (unpaired) electrons. The highest BCUT2D eigenvalue weighted by molar-refractivity contribution is 6.04. The molecule has 0 aliphatic rings. The van der Waals surface area contributed by atoms with Crippen LogP contribution in [-0.4, -0.2) is 27.4 Å². The van der Waals surface area contributed by atoms with E-state index in [2.05, 4.69) is 39.3 Å². The van der Waals surface area contributed by atoms with E-state index in [1.807, 2.05) is 25.2 Å². The monoisotopic (exact) mass is 404 g/mol. The molecule has 0 fully saturated rings. The summed E-state index contributed by atoms with van der Waals surface area (Å²) in [5.74, 6) is 0.0315. The predicted octanol–water partition coefficient (Wildman–Crippen LogP) is 5.35. The minimum absolute atomic E-state index is 0.194. The number of pyridine rings is 1. The van der Waals surface area contributed by atoms with E-state index in [1.54, 1.807) is 24.4 Å². The standard InChI is InChI=1S/C24H25FN4O/c1-3-5-6-8-17(7-4-2)13-15-27-24(30)20-14-16-26-23-21(20)28-22(29-23)18-9-11-19(25)12-10-18/h4-12,14,16H,3,13,15H2,1-2H3,(H,27,30)(H,26,28,29)/b6-5+,7-4-,17-8+. The van der Waals surface area contributed by atoms with Crippen molar-refractivity contribution >= 4 is 17.1 Å². The number of carbonyl (C=O) groups excluding carboxylic acids is 1. The van der Waals surface area contributed by atoms with Gasteiger partial charge >= 0.3 is 0 Å². The van der Waals surface area contributed by atoms with Gasteiger partial charge in [-0.1, -0.05) is 37.3 Å². The number of amides is 1. The largest absolute Gasteiger partial charge is 0.352 e. The number of carbonyl (C=O) groups is 1. The molecule has 0 spiro atoms. The number of imidazole rings is 1. The second-order valence-electron chi connectivity index (χ2n) is 6.73. The summed E-state index contributed by atoms with van der Waals surface area (Å²) in [6.07, 6.45) is 13.5. The van der Waals surface area contributed by atoms with Gasteiger partial charge in [0.05, 0.1) is 11.1 Å². The number of aromatic amines is 1. The first-order chi connectivity index (χ1) is 14.6. The molecule has 154 valence electrons. The van der Waals surface area contributed by atoms with Gasteiger partial charge in [-0.2, -0.15) is 0 Å². The molecule has 0 aliphatic carbocycles. The predicted molar refractivity (Wildman–Crippen MR) is 119 cm³/mol. The van der Waals surface area contributed by atoms with Crippen LogP contribution in [0.25, 0.3) is 22.6 Å². The van der Waals surface area contributed by atoms with E-state index in [0.29, 0.717) is 29.1 Å². The van der Waals surface area contributed by atoms with Crippen LogP contribution in [0, 0.1) is 5.82 Å². The van der Waals surface area contributed by atoms with E-state index >= 15 is 0 Å². The second-order valence-corrected chi connectivity index (χ2v) is 6.73. The van der Waals surface area contributed by atoms with Gasteiger partial charge in [0.15, 0.2) is 5.65 Å². The fraction of sp³-hybridized carbons (Fsp3) is 0.208. The van der Waals surface area contributed by atoms with Crippen LogP contribution in [0.1, 0.15) is 37.0 Å². The minimum atomic E-state index is -0.315. The summed E-state index contributed by atoms with van der Waals surface area (Å²) in [7, 11) is 0. The van der Waals surface area contributed by atoms with E-state index in [0.717, 1.165) is 24.0 Å². The molecule has 0 saturated carbocycles. The summed E-state index contributed by atoms with van der Waals surface area (Å²) in [5.41, 5.74) is 3.35. The summed E-state index contributed by atoms with van der Waals surface area (Å²) in [6, 6.07) is 7.67. The first kappa shape index (κ1) is 21.2. The highest BCUT2D eigenvalue weighted by Gasteiger charge is 2.15. The molecule has 2 N–H and O–H groups in total. The third-order valence-electron chi connectivity index (χ3n) is 4.52. The molecule has 3 aromatic rings. The summed E-state index contributed by atoms with van der Waals surface area (Å²) in [6.45, 7) is 4.57. The smallest absolute Gasteiger partial charge is 0.253 e. The molecule has 5 nitrogen and oxygen atoms in total. The lowest BCUT2D eigenvalue weighted by molar-refractivity contribution is 0.0955. The first-order valence-electron chi connectivity index (χ1n) is 9.99. The fourth-order valence-electron chi connectivity index (χ4n) is 3.02. The van der Waals surface area contributed by atoms with Gasteiger partial charge in [0.1, 0.15) is 11.6 Å². The number of aromatic nitrogens is 3. The van der Waals surface area contributed by atoms with Gasteiger partial charge in [-0.05, 0) is 55.7 Å². The number of H-pyrrole nitrogens is 1. The molecule has 0 saturated heterocycles. The van der Waals surface area contributed by atoms with Crippen LogP contribution in [0.4, 0.5) is 4.39 Å². The van der Waals surface area contributed by atoms with Crippen molar-refractivity contribution in [3.05, 3.63) is 83.9 Å². The van der Waals surface area contributed by atoms with E-state index < -0.39 is 0 Å². The fourth-order valence-corrected chi connectivity index (χ4v) is 3.02. The molecule has 6 heteroatoms. The van der Waals surface area contributed by atoms with Crippen LogP contribution in [0.15, 0.2) is 72.5 Å². The van der Waals surface area contributed by atoms with Crippen LogP contribution in [0.3, 0.4) is 0 Å². The number of hydrogen-bond donors (Lipinski definition) is 2. The van der Waals surface area contributed by atoms with Crippen LogP contribution >= 0.6 is 0 Å². The number of nitrogens with zero attached hydrogens (tertiary/aromatic N) is 2. The number of nitrogens with one attached hydrogen (secondary N) is 2. The second kappa shape index (κ2) is 10.3. The van der Waals surface area contributed by atoms with Crippen molar-refractivity contribution in [3.8, 4) is 11.4 Å². The molecule has 1 amide bonds. The topological polar surface area (TPSA) is 70.7 Å². The Labute approximate surface area is 175 Å². The van der Waals surface area contributed by atoms with Crippen LogP contribution < -0.4 is 5.32 Å². The number of hydrogen-bond acceptors (Lipinski definition) is 3. The van der Waals surface area contributed by atoms with Crippen molar-refractivity contribution in [2.24, 2.45) is 0 Å². The Morgan fingerprint density at radius 2 is 2.03 bits per heavy atom. The maximum atomic E-state index is 13.2. The lowest BCUT2D eigenvalue weighted by Gasteiger charge is -2.06. The number of halogens is 1. The zero-order valence-corrected chi connectivity index (χ0v) is 17.2. The molecule has 2 heterocycles. The van der Waals surface area contributed by atoms with Gasteiger partial charge in [-0.25, -0.2) is 14.4 Å². The number of benzene rings is 1. The maximum Gasteiger partial charge on any atom is 0.253 e. The molecule has 1 aromatic carbocycles. The zero-order chi connectivity index (χ0) is 21.3. The number of fused-ring (bicyclic) bond motifs is 1. The van der Waals surface area contributed by atoms with Crippen molar-refractivity contribution in [1.82, 2.24) is 20.3 Å². The molecule has 30 heavy (non-hydrogen) atoms. The Bertz CT molecular complexity index is 1090. The molecule has 0 unspecified atom stereocenters. The highest BCUT2D eigenvalue weighted by atomic mass is 19.1. The normalized spacial score (nSPS) is 12.3. The van der Waals surface area contributed by atoms with Crippen molar-refractivity contribution in [1.29, 1.82) is 0 Å². The lowest BCUT2D eigenvalue weighted by Crippen LogP contribution is -2.25. The van der Waals surface area contributed by atoms with E-state index in [9.17, 15) is 9.18 Å². The lowest BCUT2D eigenvalue weighted by atomic mass is 10.1. The summed E-state index contributed by atoms with van der Waals surface area (Å²) < 4.78 is 13.2. The summed E-state index contributed by atoms with van der Waals surface area (Å²) >= 11 is 0. The zero-order valence-electron chi connectivity index (χ0n) is 17.2. The molecule has 2 aromatic heterocycles. The van der Waals surface area contributed by atoms with Gasteiger partial charge in [0.2, 0.25) is 0 Å². The van der Waals surface area contributed by atoms with Gasteiger partial charge < -0.3 is 10.3 Å². The van der Waals surface area contributed by atoms with Crippen molar-refractivity contribution in [2.75, 3.05) is 6.54 Å². The third-order valence-corrected chi connectivity index (χ3v) is 4.52. The Hall–Kier alpha value is -3.54. The Balaban J connectivity index is 1.74. The molecular weight excluding hydrogens is 379 g/mol. The molecule has 3 rings (SSSR count). The van der Waals surface area contributed by atoms with E-state index in [-0.39, 0.29) is 11.7 Å². The van der Waals surface area contributed by atoms with Crippen molar-refractivity contribution in [3.63, 3.8) is 0 Å². The molecule has 0 bridgehead atoms. The summed E-state index contributed by atoms with van der Waals surface area (Å²) in [5, 5.41) is 2.96. The van der Waals surface area contributed by atoms with Gasteiger partial charge in [0, 0.05) is 18.3 Å². The Morgan fingerprint density at radius 1 is 1.23 bits per heavy atom.